The smallest absolute Gasteiger partial charge is 0.208 e. The van der Waals surface area contributed by atoms with Gasteiger partial charge in [0.1, 0.15) is 0 Å². The molecule has 68 valence electrons. The molecule has 0 N–H and O–H groups in total. The number of hydrogen-bond acceptors (Lipinski definition) is 3. The fraction of sp³-hybridized carbons (Fsp3) is 0.300. The first-order valence-electron chi connectivity index (χ1n) is 4.27. The number of benzene rings is 1. The van der Waals surface area contributed by atoms with E-state index in [1.165, 1.54) is 0 Å². The lowest BCUT2D eigenvalue weighted by molar-refractivity contribution is -0.0583. The third-order valence-corrected chi connectivity index (χ3v) is 2.02. The molecular formula is C10H12N2O. The van der Waals surface area contributed by atoms with Crippen molar-refractivity contribution in [2.75, 3.05) is 7.05 Å². The summed E-state index contributed by atoms with van der Waals surface area (Å²) in [6.45, 7) is 1.86. The van der Waals surface area contributed by atoms with Crippen molar-refractivity contribution in [3.05, 3.63) is 35.9 Å². The van der Waals surface area contributed by atoms with Crippen LogP contribution in [0.3, 0.4) is 0 Å². The first kappa shape index (κ1) is 8.26. The fourth-order valence-electron chi connectivity index (χ4n) is 1.45. The predicted molar refractivity (Wildman–Crippen MR) is 51.1 cm³/mol. The Morgan fingerprint density at radius 3 is 2.54 bits per heavy atom. The minimum atomic E-state index is 0.0150. The van der Waals surface area contributed by atoms with Gasteiger partial charge in [0.25, 0.3) is 0 Å². The van der Waals surface area contributed by atoms with Gasteiger partial charge in [0.05, 0.1) is 0 Å². The lowest BCUT2D eigenvalue weighted by Gasteiger charge is -2.15. The molecule has 3 nitrogen and oxygen atoms in total. The minimum absolute atomic E-state index is 0.0150. The van der Waals surface area contributed by atoms with Gasteiger partial charge in [0, 0.05) is 14.0 Å². The molecule has 0 bridgehead atoms. The van der Waals surface area contributed by atoms with Crippen LogP contribution in [0.4, 0.5) is 0 Å². The third-order valence-electron chi connectivity index (χ3n) is 2.02. The maximum Gasteiger partial charge on any atom is 0.208 e. The van der Waals surface area contributed by atoms with E-state index >= 15 is 0 Å². The molecule has 1 aromatic carbocycles. The second-order valence-electron chi connectivity index (χ2n) is 3.07. The van der Waals surface area contributed by atoms with E-state index in [1.807, 2.05) is 44.3 Å². The summed E-state index contributed by atoms with van der Waals surface area (Å²) in [7, 11) is 1.89. The average Bonchev–Trinajstić information content (AvgIpc) is 2.47. The van der Waals surface area contributed by atoms with Crippen LogP contribution in [0.2, 0.25) is 0 Å². The zero-order valence-corrected chi connectivity index (χ0v) is 7.77. The van der Waals surface area contributed by atoms with Gasteiger partial charge >= 0.3 is 0 Å². The largest absolute Gasteiger partial charge is 0.389 e. The molecule has 0 saturated heterocycles. The molecule has 1 aromatic rings. The number of hydroxylamine groups is 2. The average molecular weight is 176 g/mol. The van der Waals surface area contributed by atoms with E-state index in [0.717, 1.165) is 11.5 Å². The molecule has 1 aliphatic heterocycles. The Balaban J connectivity index is 2.27. The molecule has 0 fully saturated rings. The van der Waals surface area contributed by atoms with Crippen LogP contribution in [-0.2, 0) is 4.84 Å². The normalized spacial score (nSPS) is 22.6. The quantitative estimate of drug-likeness (QED) is 0.653. The van der Waals surface area contributed by atoms with E-state index in [4.69, 9.17) is 4.84 Å². The topological polar surface area (TPSA) is 24.8 Å². The van der Waals surface area contributed by atoms with E-state index in [9.17, 15) is 0 Å². The van der Waals surface area contributed by atoms with Crippen molar-refractivity contribution >= 4 is 5.90 Å². The van der Waals surface area contributed by atoms with Crippen LogP contribution in [0.15, 0.2) is 35.3 Å². The molecule has 0 saturated carbocycles. The van der Waals surface area contributed by atoms with E-state index in [2.05, 4.69) is 4.99 Å². The van der Waals surface area contributed by atoms with E-state index in [1.54, 1.807) is 5.06 Å². The molecule has 1 unspecified atom stereocenters. The van der Waals surface area contributed by atoms with Gasteiger partial charge in [-0.05, 0) is 5.56 Å². The lowest BCUT2D eigenvalue weighted by Crippen LogP contribution is -2.17. The van der Waals surface area contributed by atoms with Crippen molar-refractivity contribution in [2.45, 2.75) is 13.1 Å². The fourth-order valence-corrected chi connectivity index (χ4v) is 1.45. The Morgan fingerprint density at radius 2 is 2.00 bits per heavy atom. The summed E-state index contributed by atoms with van der Waals surface area (Å²) in [4.78, 5) is 9.67. The zero-order chi connectivity index (χ0) is 9.26. The predicted octanol–water partition coefficient (Wildman–Crippen LogP) is 1.98. The molecular weight excluding hydrogens is 164 g/mol. The van der Waals surface area contributed by atoms with Gasteiger partial charge in [-0.25, -0.2) is 4.99 Å². The highest BCUT2D eigenvalue weighted by Gasteiger charge is 2.23. The molecule has 13 heavy (non-hydrogen) atoms. The van der Waals surface area contributed by atoms with Gasteiger partial charge in [0.2, 0.25) is 5.90 Å². The third kappa shape index (κ3) is 1.55. The van der Waals surface area contributed by atoms with Gasteiger partial charge in [0.15, 0.2) is 6.17 Å². The molecule has 3 heteroatoms. The summed E-state index contributed by atoms with van der Waals surface area (Å²) in [5.74, 6) is 0.719. The maximum absolute atomic E-state index is 5.31. The van der Waals surface area contributed by atoms with Crippen molar-refractivity contribution in [3.8, 4) is 0 Å². The molecule has 2 rings (SSSR count). The van der Waals surface area contributed by atoms with Crippen LogP contribution in [0.25, 0.3) is 0 Å². The first-order valence-corrected chi connectivity index (χ1v) is 4.27. The van der Waals surface area contributed by atoms with Crippen LogP contribution in [0.5, 0.6) is 0 Å². The minimum Gasteiger partial charge on any atom is -0.389 e. The Hall–Kier alpha value is -1.35. The molecule has 1 heterocycles. The lowest BCUT2D eigenvalue weighted by atomic mass is 10.2. The van der Waals surface area contributed by atoms with Crippen LogP contribution in [0.1, 0.15) is 18.7 Å². The van der Waals surface area contributed by atoms with Crippen molar-refractivity contribution in [2.24, 2.45) is 4.99 Å². The molecule has 0 aromatic heterocycles. The Morgan fingerprint density at radius 1 is 1.31 bits per heavy atom. The summed E-state index contributed by atoms with van der Waals surface area (Å²) >= 11 is 0. The van der Waals surface area contributed by atoms with E-state index in [0.29, 0.717) is 0 Å². The first-order chi connectivity index (χ1) is 6.27. The maximum atomic E-state index is 5.31. The van der Waals surface area contributed by atoms with Crippen molar-refractivity contribution in [1.29, 1.82) is 0 Å². The van der Waals surface area contributed by atoms with Crippen LogP contribution >= 0.6 is 0 Å². The molecule has 0 spiro atoms. The van der Waals surface area contributed by atoms with Crippen molar-refractivity contribution < 1.29 is 4.84 Å². The van der Waals surface area contributed by atoms with E-state index in [-0.39, 0.29) is 6.17 Å². The van der Waals surface area contributed by atoms with Gasteiger partial charge < -0.3 is 4.84 Å². The van der Waals surface area contributed by atoms with Crippen LogP contribution < -0.4 is 0 Å². The second kappa shape index (κ2) is 3.18. The summed E-state index contributed by atoms with van der Waals surface area (Å²) < 4.78 is 0. The van der Waals surface area contributed by atoms with Gasteiger partial charge in [-0.15, -0.1) is 5.06 Å². The summed E-state index contributed by atoms with van der Waals surface area (Å²) in [6, 6.07) is 10.1. The molecule has 0 aliphatic carbocycles. The number of rotatable bonds is 1. The molecule has 0 amide bonds. The molecule has 0 radical (unpaired) electrons. The number of nitrogens with zero attached hydrogens (tertiary/aromatic N) is 2. The zero-order valence-electron chi connectivity index (χ0n) is 7.77. The summed E-state index contributed by atoms with van der Waals surface area (Å²) in [6.07, 6.45) is 0.0150. The number of aliphatic imine (C=N–C) groups is 1. The van der Waals surface area contributed by atoms with E-state index < -0.39 is 0 Å². The van der Waals surface area contributed by atoms with Crippen molar-refractivity contribution in [3.63, 3.8) is 0 Å². The van der Waals surface area contributed by atoms with Gasteiger partial charge in [-0.3, -0.25) is 0 Å². The molecule has 1 aliphatic rings. The Labute approximate surface area is 77.6 Å². The Kier molecular flexibility index (Phi) is 2.02. The monoisotopic (exact) mass is 176 g/mol. The standard InChI is InChI=1S/C10H12N2O/c1-8-11-10(12(2)13-8)9-6-4-3-5-7-9/h3-7,10H,1-2H3. The highest BCUT2D eigenvalue weighted by Crippen LogP contribution is 2.25. The van der Waals surface area contributed by atoms with Gasteiger partial charge in [-0.1, -0.05) is 30.3 Å². The van der Waals surface area contributed by atoms with Crippen LogP contribution in [-0.4, -0.2) is 18.0 Å². The molecule has 1 atom stereocenters. The Bertz CT molecular complexity index is 321. The SMILES string of the molecule is CC1=NC(c2ccccc2)N(C)O1. The highest BCUT2D eigenvalue weighted by molar-refractivity contribution is 5.74. The summed E-state index contributed by atoms with van der Waals surface area (Å²) in [5.41, 5.74) is 1.15. The second-order valence-corrected chi connectivity index (χ2v) is 3.07. The summed E-state index contributed by atoms with van der Waals surface area (Å²) in [5, 5.41) is 1.75. The van der Waals surface area contributed by atoms with Crippen LogP contribution in [0, 0.1) is 0 Å². The highest BCUT2D eigenvalue weighted by atomic mass is 16.7. The van der Waals surface area contributed by atoms with Crippen molar-refractivity contribution in [1.82, 2.24) is 5.06 Å². The number of hydrogen-bond donors (Lipinski definition) is 0. The van der Waals surface area contributed by atoms with Gasteiger partial charge in [-0.2, -0.15) is 0 Å².